The summed E-state index contributed by atoms with van der Waals surface area (Å²) in [7, 11) is -1.96. The average molecular weight is 420 g/mol. The molecule has 0 spiro atoms. The summed E-state index contributed by atoms with van der Waals surface area (Å²) in [5.41, 5.74) is 0.456. The molecule has 0 radical (unpaired) electrons. The lowest BCUT2D eigenvalue weighted by atomic mass is 10.2. The fourth-order valence-electron chi connectivity index (χ4n) is 3.13. The van der Waals surface area contributed by atoms with Crippen molar-refractivity contribution >= 4 is 21.9 Å². The second kappa shape index (κ2) is 8.34. The minimum absolute atomic E-state index is 0.0262. The van der Waals surface area contributed by atoms with Gasteiger partial charge in [-0.2, -0.15) is 4.31 Å². The number of ether oxygens (including phenoxy) is 1. The molecule has 156 valence electrons. The molecule has 1 aliphatic heterocycles. The van der Waals surface area contributed by atoms with Crippen LogP contribution in [0.4, 0.5) is 0 Å². The number of sulfonamides is 1. The van der Waals surface area contributed by atoms with Gasteiger partial charge >= 0.3 is 5.97 Å². The zero-order valence-corrected chi connectivity index (χ0v) is 17.5. The van der Waals surface area contributed by atoms with Gasteiger partial charge in [0.05, 0.1) is 0 Å². The molecule has 0 saturated carbocycles. The number of carbonyl (C=O) groups is 2. The first-order chi connectivity index (χ1) is 13.7. The molecular formula is C19H24N4O5S. The van der Waals surface area contributed by atoms with Crippen molar-refractivity contribution in [1.29, 1.82) is 0 Å². The summed E-state index contributed by atoms with van der Waals surface area (Å²) >= 11 is 0. The number of nitrogens with zero attached hydrogens (tertiary/aromatic N) is 4. The number of esters is 1. The molecule has 1 aromatic heterocycles. The largest absolute Gasteiger partial charge is 0.427 e. The topological polar surface area (TPSA) is 102 Å². The average Bonchev–Trinajstić information content (AvgIpc) is 2.87. The van der Waals surface area contributed by atoms with Crippen LogP contribution in [-0.2, 0) is 21.9 Å². The SMILES string of the molecule is CC(=O)Oc1ccc(C(=O)N2CCCN(S(=O)(=O)c3cn(C)c(C)n3)CC2)cc1. The van der Waals surface area contributed by atoms with Gasteiger partial charge in [-0.3, -0.25) is 9.59 Å². The Bertz CT molecular complexity index is 994. The summed E-state index contributed by atoms with van der Waals surface area (Å²) in [6.45, 7) is 4.33. The molecule has 0 bridgehead atoms. The van der Waals surface area contributed by atoms with Crippen LogP contribution in [0.15, 0.2) is 35.5 Å². The third kappa shape index (κ3) is 4.65. The fourth-order valence-corrected chi connectivity index (χ4v) is 4.63. The van der Waals surface area contributed by atoms with Gasteiger partial charge in [-0.25, -0.2) is 13.4 Å². The van der Waals surface area contributed by atoms with Crippen molar-refractivity contribution in [2.45, 2.75) is 25.3 Å². The third-order valence-electron chi connectivity index (χ3n) is 4.80. The Hall–Kier alpha value is -2.72. The van der Waals surface area contributed by atoms with Crippen LogP contribution in [0.5, 0.6) is 5.75 Å². The van der Waals surface area contributed by atoms with E-state index in [1.165, 1.54) is 17.4 Å². The zero-order valence-electron chi connectivity index (χ0n) is 16.7. The van der Waals surface area contributed by atoms with Crippen molar-refractivity contribution in [3.05, 3.63) is 41.9 Å². The molecule has 0 N–H and O–H groups in total. The summed E-state index contributed by atoms with van der Waals surface area (Å²) in [6.07, 6.45) is 2.03. The van der Waals surface area contributed by atoms with Crippen LogP contribution in [0.25, 0.3) is 0 Å². The van der Waals surface area contributed by atoms with Gasteiger partial charge in [-0.1, -0.05) is 0 Å². The van der Waals surface area contributed by atoms with E-state index in [2.05, 4.69) is 4.98 Å². The minimum Gasteiger partial charge on any atom is -0.427 e. The number of amides is 1. The van der Waals surface area contributed by atoms with Gasteiger partial charge < -0.3 is 14.2 Å². The van der Waals surface area contributed by atoms with E-state index in [4.69, 9.17) is 4.74 Å². The highest BCUT2D eigenvalue weighted by atomic mass is 32.2. The van der Waals surface area contributed by atoms with Crippen LogP contribution in [0.3, 0.4) is 0 Å². The molecular weight excluding hydrogens is 396 g/mol. The molecule has 1 aliphatic rings. The third-order valence-corrected chi connectivity index (χ3v) is 6.57. The van der Waals surface area contributed by atoms with E-state index in [0.29, 0.717) is 36.6 Å². The van der Waals surface area contributed by atoms with E-state index in [1.807, 2.05) is 0 Å². The molecule has 9 nitrogen and oxygen atoms in total. The molecule has 1 amide bonds. The van der Waals surface area contributed by atoms with Gasteiger partial charge in [0, 0.05) is 51.9 Å². The van der Waals surface area contributed by atoms with E-state index in [9.17, 15) is 18.0 Å². The van der Waals surface area contributed by atoms with E-state index in [1.54, 1.807) is 47.7 Å². The Labute approximate surface area is 169 Å². The van der Waals surface area contributed by atoms with Gasteiger partial charge in [0.1, 0.15) is 11.6 Å². The van der Waals surface area contributed by atoms with Crippen molar-refractivity contribution in [3.63, 3.8) is 0 Å². The molecule has 3 rings (SSSR count). The summed E-state index contributed by atoms with van der Waals surface area (Å²) in [4.78, 5) is 29.6. The first-order valence-corrected chi connectivity index (χ1v) is 10.7. The maximum Gasteiger partial charge on any atom is 0.308 e. The monoisotopic (exact) mass is 420 g/mol. The van der Waals surface area contributed by atoms with E-state index in [-0.39, 0.29) is 24.0 Å². The zero-order chi connectivity index (χ0) is 21.2. The van der Waals surface area contributed by atoms with Crippen LogP contribution in [0, 0.1) is 6.92 Å². The van der Waals surface area contributed by atoms with Crippen molar-refractivity contribution < 1.29 is 22.7 Å². The second-order valence-corrected chi connectivity index (χ2v) is 8.79. The Morgan fingerprint density at radius 1 is 1.07 bits per heavy atom. The highest BCUT2D eigenvalue weighted by molar-refractivity contribution is 7.89. The maximum atomic E-state index is 12.9. The molecule has 1 aromatic carbocycles. The molecule has 0 aliphatic carbocycles. The van der Waals surface area contributed by atoms with Gasteiger partial charge in [0.25, 0.3) is 15.9 Å². The van der Waals surface area contributed by atoms with Crippen LogP contribution in [0.2, 0.25) is 0 Å². The Kier molecular flexibility index (Phi) is 6.04. The molecule has 0 atom stereocenters. The molecule has 1 saturated heterocycles. The highest BCUT2D eigenvalue weighted by Crippen LogP contribution is 2.19. The first-order valence-electron chi connectivity index (χ1n) is 9.26. The quantitative estimate of drug-likeness (QED) is 0.544. The van der Waals surface area contributed by atoms with Crippen LogP contribution < -0.4 is 4.74 Å². The van der Waals surface area contributed by atoms with Gasteiger partial charge in [0.15, 0.2) is 5.03 Å². The number of rotatable bonds is 4. The normalized spacial score (nSPS) is 15.8. The van der Waals surface area contributed by atoms with Crippen molar-refractivity contribution in [2.75, 3.05) is 26.2 Å². The van der Waals surface area contributed by atoms with E-state index < -0.39 is 16.0 Å². The number of aromatic nitrogens is 2. The lowest BCUT2D eigenvalue weighted by Gasteiger charge is -2.21. The molecule has 10 heteroatoms. The second-order valence-electron chi connectivity index (χ2n) is 6.91. The number of benzene rings is 1. The van der Waals surface area contributed by atoms with Gasteiger partial charge in [-0.15, -0.1) is 0 Å². The van der Waals surface area contributed by atoms with Crippen LogP contribution >= 0.6 is 0 Å². The van der Waals surface area contributed by atoms with Gasteiger partial charge in [-0.05, 0) is 37.6 Å². The number of aryl methyl sites for hydroxylation is 2. The summed E-state index contributed by atoms with van der Waals surface area (Å²) < 4.78 is 33.8. The standard InChI is InChI=1S/C19H24N4O5S/c1-14-20-18(13-21(14)3)29(26,27)23-10-4-9-22(11-12-23)19(25)16-5-7-17(8-6-16)28-15(2)24/h5-8,13H,4,9-12H2,1-3H3. The summed E-state index contributed by atoms with van der Waals surface area (Å²) in [6, 6.07) is 6.31. The van der Waals surface area contributed by atoms with Crippen molar-refractivity contribution in [1.82, 2.24) is 18.8 Å². The number of hydrogen-bond donors (Lipinski definition) is 0. The minimum atomic E-state index is -3.70. The Morgan fingerprint density at radius 2 is 1.76 bits per heavy atom. The fraction of sp³-hybridized carbons (Fsp3) is 0.421. The molecule has 0 unspecified atom stereocenters. The van der Waals surface area contributed by atoms with Crippen molar-refractivity contribution in [3.8, 4) is 5.75 Å². The Morgan fingerprint density at radius 3 is 2.34 bits per heavy atom. The lowest BCUT2D eigenvalue weighted by Crippen LogP contribution is -2.37. The maximum absolute atomic E-state index is 12.9. The van der Waals surface area contributed by atoms with Crippen LogP contribution in [-0.4, -0.2) is 65.2 Å². The predicted octanol–water partition coefficient (Wildman–Crippen LogP) is 1.19. The molecule has 1 fully saturated rings. The number of imidazole rings is 1. The Balaban J connectivity index is 1.69. The van der Waals surface area contributed by atoms with Gasteiger partial charge in [0.2, 0.25) is 0 Å². The number of carbonyl (C=O) groups excluding carboxylic acids is 2. The number of hydrogen-bond acceptors (Lipinski definition) is 6. The smallest absolute Gasteiger partial charge is 0.308 e. The molecule has 29 heavy (non-hydrogen) atoms. The summed E-state index contributed by atoms with van der Waals surface area (Å²) in [5, 5.41) is 0.0262. The molecule has 2 heterocycles. The highest BCUT2D eigenvalue weighted by Gasteiger charge is 2.30. The first kappa shape index (κ1) is 21.0. The van der Waals surface area contributed by atoms with Crippen LogP contribution in [0.1, 0.15) is 29.5 Å². The lowest BCUT2D eigenvalue weighted by molar-refractivity contribution is -0.131. The van der Waals surface area contributed by atoms with E-state index in [0.717, 1.165) is 0 Å². The summed E-state index contributed by atoms with van der Waals surface area (Å²) in [5.74, 6) is 0.369. The van der Waals surface area contributed by atoms with Crippen molar-refractivity contribution in [2.24, 2.45) is 7.05 Å². The predicted molar refractivity (Wildman–Crippen MR) is 105 cm³/mol. The van der Waals surface area contributed by atoms with E-state index >= 15 is 0 Å². The molecule has 2 aromatic rings.